The predicted molar refractivity (Wildman–Crippen MR) is 12.8 cm³/mol. The predicted octanol–water partition coefficient (Wildman–Crippen LogP) is -0.577. The molecular weight excluding hydrogens is 254 g/mol. The van der Waals surface area contributed by atoms with E-state index >= 15 is 0 Å². The number of nitrogens with zero attached hydrogens (tertiary/aromatic N) is 1. The van der Waals surface area contributed by atoms with Crippen LogP contribution in [0.1, 0.15) is 0 Å². The van der Waals surface area contributed by atoms with Gasteiger partial charge in [-0.1, -0.05) is 0 Å². The van der Waals surface area contributed by atoms with E-state index in [1.165, 1.54) is 0 Å². The first-order chi connectivity index (χ1) is 1.41. The Morgan fingerprint density at radius 3 is 1.60 bits per heavy atom. The second-order valence-corrected chi connectivity index (χ2v) is 0.0745. The number of rotatable bonds is 0. The molecule has 0 aliphatic rings. The molecule has 4 nitrogen and oxygen atoms in total. The van der Waals surface area contributed by atoms with Crippen molar-refractivity contribution in [2.24, 2.45) is 5.34 Å². The Hall–Kier alpha value is 0.00935. The maximum atomic E-state index is 8.00. The van der Waals surface area contributed by atoms with Gasteiger partial charge in [-0.15, -0.1) is 5.34 Å². The van der Waals surface area contributed by atoms with Crippen LogP contribution in [0.25, 0.3) is 0 Å². The molecule has 0 aromatic carbocycles. The van der Waals surface area contributed by atoms with E-state index in [1.54, 1.807) is 0 Å². The van der Waals surface area contributed by atoms with Crippen molar-refractivity contribution < 1.29 is 25.6 Å². The van der Waals surface area contributed by atoms with Crippen LogP contribution >= 0.6 is 0 Å². The van der Waals surface area contributed by atoms with Gasteiger partial charge in [-0.05, 0) is 0 Å². The largest absolute Gasteiger partial charge is 0.444 e. The molecule has 2 N–H and O–H groups in total. The minimum atomic E-state index is 0. The summed E-state index contributed by atoms with van der Waals surface area (Å²) in [5.74, 6) is 0. The summed E-state index contributed by atoms with van der Waals surface area (Å²) in [5.41, 5.74) is 0. The summed E-state index contributed by atoms with van der Waals surface area (Å²) >= 11 is 0. The van der Waals surface area contributed by atoms with Crippen molar-refractivity contribution in [1.82, 2.24) is 0 Å². The monoisotopic (exact) mass is 257 g/mol. The molecule has 5 heteroatoms. The third-order valence-electron chi connectivity index (χ3n) is 0. The summed E-state index contributed by atoms with van der Waals surface area (Å²) in [6, 6.07) is 0. The average molecular weight is 256 g/mol. The first-order valence-electron chi connectivity index (χ1n) is 0.365. The Morgan fingerprint density at radius 2 is 1.60 bits per heavy atom. The molecule has 0 atom stereocenters. The Labute approximate surface area is 41.8 Å². The van der Waals surface area contributed by atoms with E-state index in [0.29, 0.717) is 0 Å². The summed E-state index contributed by atoms with van der Waals surface area (Å²) in [5, 5.41) is 9.00. The average Bonchev–Trinajstić information content (AvgIpc) is 0.918. The fourth-order valence-corrected chi connectivity index (χ4v) is 0. The topological polar surface area (TPSA) is 84.0 Å². The van der Waals surface area contributed by atoms with Crippen LogP contribution < -0.4 is 0 Å². The zero-order chi connectivity index (χ0) is 2.71. The molecule has 35 valence electrons. The van der Waals surface area contributed by atoms with Crippen LogP contribution in [0.2, 0.25) is 0 Å². The molecule has 0 aromatic rings. The van der Waals surface area contributed by atoms with Crippen LogP contribution in [0.5, 0.6) is 0 Å². The molecule has 0 unspecified atom stereocenters. The van der Waals surface area contributed by atoms with Gasteiger partial charge in [0.05, 0.1) is 0 Å². The maximum absolute atomic E-state index is 8.00. The maximum Gasteiger partial charge on any atom is 0 e. The van der Waals surface area contributed by atoms with Gasteiger partial charge in [-0.3, -0.25) is 0 Å². The van der Waals surface area contributed by atoms with Gasteiger partial charge in [-0.25, -0.2) is 0 Å². The molecular formula is H2IrNO3-. The molecule has 0 heterocycles. The standard InChI is InChI=1S/Ir.HNO2.H2O/c;2-1-3;/h;(H,2,3);1H2/p-1. The zero-order valence-corrected chi connectivity index (χ0v) is 4.49. The van der Waals surface area contributed by atoms with Crippen LogP contribution in [-0.4, -0.2) is 5.48 Å². The Kier molecular flexibility index (Phi) is 142. The minimum absolute atomic E-state index is 0. The van der Waals surface area contributed by atoms with Gasteiger partial charge in [0.2, 0.25) is 0 Å². The van der Waals surface area contributed by atoms with Crippen molar-refractivity contribution in [3.63, 3.8) is 0 Å². The van der Waals surface area contributed by atoms with Gasteiger partial charge in [0.1, 0.15) is 0 Å². The molecule has 0 saturated carbocycles. The molecule has 0 saturated heterocycles. The van der Waals surface area contributed by atoms with Crippen molar-refractivity contribution in [3.8, 4) is 0 Å². The smallest absolute Gasteiger partial charge is 0 e. The van der Waals surface area contributed by atoms with Crippen molar-refractivity contribution in [1.29, 1.82) is 0 Å². The van der Waals surface area contributed by atoms with E-state index in [2.05, 4.69) is 0 Å². The van der Waals surface area contributed by atoms with Gasteiger partial charge >= 0.3 is 0 Å². The van der Waals surface area contributed by atoms with Crippen LogP contribution in [0.3, 0.4) is 0 Å². The normalized spacial score (nSPS) is 2.40. The van der Waals surface area contributed by atoms with E-state index in [4.69, 9.17) is 10.1 Å². The fraction of sp³-hybridized carbons (Fsp3) is 0. The van der Waals surface area contributed by atoms with Crippen LogP contribution in [-0.2, 0) is 20.1 Å². The summed E-state index contributed by atoms with van der Waals surface area (Å²) in [4.78, 5) is 8.00. The third-order valence-corrected chi connectivity index (χ3v) is 0. The van der Waals surface area contributed by atoms with Crippen molar-refractivity contribution in [2.75, 3.05) is 0 Å². The SMILES string of the molecule is O.O=N[O-].[Ir]. The van der Waals surface area contributed by atoms with E-state index in [9.17, 15) is 0 Å². The first kappa shape index (κ1) is 19.9. The minimum Gasteiger partial charge on any atom is -0.444 e. The Bertz CT molecular complexity index is 14.4. The second-order valence-electron chi connectivity index (χ2n) is 0.0745. The summed E-state index contributed by atoms with van der Waals surface area (Å²) < 4.78 is 0. The first-order valence-corrected chi connectivity index (χ1v) is 0.365. The van der Waals surface area contributed by atoms with Gasteiger partial charge in [0.15, 0.2) is 0 Å². The zero-order valence-electron chi connectivity index (χ0n) is 2.10. The van der Waals surface area contributed by atoms with E-state index in [0.717, 1.165) is 5.34 Å². The van der Waals surface area contributed by atoms with E-state index < -0.39 is 0 Å². The molecule has 0 amide bonds. The van der Waals surface area contributed by atoms with Gasteiger partial charge in [0.25, 0.3) is 0 Å². The summed E-state index contributed by atoms with van der Waals surface area (Å²) in [7, 11) is 0. The van der Waals surface area contributed by atoms with Gasteiger partial charge < -0.3 is 15.6 Å². The second kappa shape index (κ2) is 35.6. The molecule has 0 spiro atoms. The van der Waals surface area contributed by atoms with E-state index in [-0.39, 0.29) is 25.6 Å². The molecule has 0 rings (SSSR count). The summed E-state index contributed by atoms with van der Waals surface area (Å²) in [6.45, 7) is 0. The van der Waals surface area contributed by atoms with E-state index in [1.807, 2.05) is 0 Å². The van der Waals surface area contributed by atoms with Gasteiger partial charge in [-0.2, -0.15) is 0 Å². The molecule has 1 radical (unpaired) electrons. The summed E-state index contributed by atoms with van der Waals surface area (Å²) in [6.07, 6.45) is 0. The Balaban J connectivity index is -0.0000000200. The third kappa shape index (κ3) is 185000. The quantitative estimate of drug-likeness (QED) is 0.429. The fourth-order valence-electron chi connectivity index (χ4n) is 0. The number of hydrogen-bond acceptors (Lipinski definition) is 3. The molecule has 0 aromatic heterocycles. The molecule has 0 aliphatic carbocycles. The van der Waals surface area contributed by atoms with Crippen LogP contribution in [0.15, 0.2) is 5.34 Å². The Morgan fingerprint density at radius 1 is 1.60 bits per heavy atom. The number of hydrogen-bond donors (Lipinski definition) is 0. The van der Waals surface area contributed by atoms with Crippen molar-refractivity contribution in [3.05, 3.63) is 10.1 Å². The van der Waals surface area contributed by atoms with Crippen LogP contribution in [0.4, 0.5) is 0 Å². The van der Waals surface area contributed by atoms with Crippen molar-refractivity contribution in [2.45, 2.75) is 0 Å². The molecule has 0 bridgehead atoms. The van der Waals surface area contributed by atoms with Gasteiger partial charge in [0, 0.05) is 20.1 Å². The molecule has 5 heavy (non-hydrogen) atoms. The van der Waals surface area contributed by atoms with Crippen LogP contribution in [0, 0.1) is 10.1 Å². The molecule has 0 aliphatic heterocycles. The van der Waals surface area contributed by atoms with Crippen molar-refractivity contribution >= 4 is 0 Å². The molecule has 0 fully saturated rings.